The van der Waals surface area contributed by atoms with E-state index in [0.29, 0.717) is 11.1 Å². The number of carbonyl (C=O) groups excluding carboxylic acids is 4. The minimum atomic E-state index is -0.117. The lowest BCUT2D eigenvalue weighted by molar-refractivity contribution is -0.121. The summed E-state index contributed by atoms with van der Waals surface area (Å²) < 4.78 is 0. The molecule has 2 heterocycles. The fourth-order valence-electron chi connectivity index (χ4n) is 9.36. The molecule has 12 heteroatoms. The van der Waals surface area contributed by atoms with Crippen LogP contribution in [0.4, 0.5) is 11.4 Å². The van der Waals surface area contributed by atoms with Crippen molar-refractivity contribution in [1.82, 2.24) is 30.6 Å². The van der Waals surface area contributed by atoms with Gasteiger partial charge in [0.25, 0.3) is 11.8 Å². The Morgan fingerprint density at radius 1 is 0.500 bits per heavy atom. The SMILES string of the molecule is CC1CCC(NC(=O)c2ccc(-c3nc4ccc(NC(=O)C5CCC(C)CC5)cc4[nH]3)cc2)CC1.CNC(=O)c1ccc(-c2nc3ccc(NC(=O)C4CCC(C)CC4)cc3[nH]2)cc1. The third kappa shape index (κ3) is 10.9. The summed E-state index contributed by atoms with van der Waals surface area (Å²) in [5.41, 5.74) is 8.10. The summed E-state index contributed by atoms with van der Waals surface area (Å²) in [7, 11) is 1.61. The van der Waals surface area contributed by atoms with E-state index < -0.39 is 0 Å². The molecule has 0 saturated heterocycles. The van der Waals surface area contributed by atoms with Gasteiger partial charge in [0.2, 0.25) is 11.8 Å². The summed E-state index contributed by atoms with van der Waals surface area (Å²) in [6.07, 6.45) is 12.9. The first-order chi connectivity index (χ1) is 31.0. The summed E-state index contributed by atoms with van der Waals surface area (Å²) in [6.45, 7) is 6.80. The van der Waals surface area contributed by atoms with Gasteiger partial charge in [0.1, 0.15) is 11.6 Å². The lowest BCUT2D eigenvalue weighted by Gasteiger charge is -2.26. The molecule has 2 aromatic heterocycles. The maximum absolute atomic E-state index is 12.7. The van der Waals surface area contributed by atoms with Crippen LogP contribution in [0, 0.1) is 29.6 Å². The number of nitrogens with zero attached hydrogens (tertiary/aromatic N) is 2. The van der Waals surface area contributed by atoms with Crippen molar-refractivity contribution in [2.24, 2.45) is 29.6 Å². The normalized spacial score (nSPS) is 22.2. The Hall–Kier alpha value is -6.30. The number of imidazole rings is 2. The summed E-state index contributed by atoms with van der Waals surface area (Å²) in [5.74, 6) is 4.02. The van der Waals surface area contributed by atoms with E-state index in [2.05, 4.69) is 57.0 Å². The maximum Gasteiger partial charge on any atom is 0.251 e. The minimum Gasteiger partial charge on any atom is -0.355 e. The van der Waals surface area contributed by atoms with Gasteiger partial charge in [-0.3, -0.25) is 19.2 Å². The highest BCUT2D eigenvalue weighted by atomic mass is 16.2. The van der Waals surface area contributed by atoms with Crippen molar-refractivity contribution in [3.63, 3.8) is 0 Å². The highest BCUT2D eigenvalue weighted by Crippen LogP contribution is 2.32. The van der Waals surface area contributed by atoms with Crippen molar-refractivity contribution in [2.75, 3.05) is 17.7 Å². The Kier molecular flexibility index (Phi) is 13.9. The lowest BCUT2D eigenvalue weighted by Crippen LogP contribution is -2.37. The molecule has 334 valence electrons. The van der Waals surface area contributed by atoms with Gasteiger partial charge in [-0.15, -0.1) is 0 Å². The van der Waals surface area contributed by atoms with Crippen molar-refractivity contribution in [2.45, 2.75) is 104 Å². The Morgan fingerprint density at radius 2 is 0.891 bits per heavy atom. The number of amides is 4. The zero-order chi connectivity index (χ0) is 44.7. The fourth-order valence-corrected chi connectivity index (χ4v) is 9.36. The quantitative estimate of drug-likeness (QED) is 0.0844. The molecule has 6 aromatic rings. The first-order valence-corrected chi connectivity index (χ1v) is 23.3. The molecule has 0 atom stereocenters. The monoisotopic (exact) mass is 862 g/mol. The number of benzene rings is 4. The number of aromatic nitrogens is 4. The predicted octanol–water partition coefficient (Wildman–Crippen LogP) is 10.7. The molecule has 0 spiro atoms. The summed E-state index contributed by atoms with van der Waals surface area (Å²) >= 11 is 0. The van der Waals surface area contributed by atoms with E-state index in [-0.39, 0.29) is 41.5 Å². The number of anilines is 2. The molecular formula is C52H62N8O4. The number of rotatable bonds is 9. The van der Waals surface area contributed by atoms with E-state index in [1.807, 2.05) is 72.8 Å². The van der Waals surface area contributed by atoms with Gasteiger partial charge in [-0.25, -0.2) is 9.97 Å². The highest BCUT2D eigenvalue weighted by molar-refractivity contribution is 5.97. The number of aromatic amines is 2. The number of nitrogens with one attached hydrogen (secondary N) is 6. The zero-order valence-corrected chi connectivity index (χ0v) is 37.6. The molecule has 0 unspecified atom stereocenters. The van der Waals surface area contributed by atoms with Crippen molar-refractivity contribution < 1.29 is 19.2 Å². The van der Waals surface area contributed by atoms with E-state index in [1.165, 1.54) is 12.8 Å². The Bertz CT molecular complexity index is 2570. The number of fused-ring (bicyclic) bond motifs is 2. The van der Waals surface area contributed by atoms with E-state index in [9.17, 15) is 19.2 Å². The van der Waals surface area contributed by atoms with Crippen LogP contribution in [0.1, 0.15) is 119 Å². The third-order valence-electron chi connectivity index (χ3n) is 13.7. The van der Waals surface area contributed by atoms with Gasteiger partial charge in [0.15, 0.2) is 0 Å². The molecule has 6 N–H and O–H groups in total. The molecule has 3 aliphatic rings. The van der Waals surface area contributed by atoms with Crippen molar-refractivity contribution in [1.29, 1.82) is 0 Å². The van der Waals surface area contributed by atoms with Crippen LogP contribution in [0.2, 0.25) is 0 Å². The van der Waals surface area contributed by atoms with E-state index in [0.717, 1.165) is 138 Å². The van der Waals surface area contributed by atoms with Gasteiger partial charge in [0.05, 0.1) is 22.1 Å². The number of hydrogen-bond acceptors (Lipinski definition) is 6. The van der Waals surface area contributed by atoms with Crippen LogP contribution in [-0.2, 0) is 9.59 Å². The second-order valence-corrected chi connectivity index (χ2v) is 18.7. The van der Waals surface area contributed by atoms with Crippen LogP contribution in [0.25, 0.3) is 44.8 Å². The molecule has 9 rings (SSSR count). The molecule has 4 amide bonds. The molecule has 64 heavy (non-hydrogen) atoms. The average molecular weight is 863 g/mol. The molecule has 0 aliphatic heterocycles. The Labute approximate surface area is 375 Å². The number of hydrogen-bond donors (Lipinski definition) is 6. The van der Waals surface area contributed by atoms with Crippen LogP contribution in [-0.4, -0.2) is 56.7 Å². The molecule has 3 aliphatic carbocycles. The van der Waals surface area contributed by atoms with Crippen molar-refractivity contribution in [3.05, 3.63) is 96.1 Å². The van der Waals surface area contributed by atoms with E-state index in [4.69, 9.17) is 4.98 Å². The summed E-state index contributed by atoms with van der Waals surface area (Å²) in [5, 5.41) is 12.0. The largest absolute Gasteiger partial charge is 0.355 e. The maximum atomic E-state index is 12.7. The van der Waals surface area contributed by atoms with Gasteiger partial charge in [0, 0.05) is 58.6 Å². The second-order valence-electron chi connectivity index (χ2n) is 18.7. The minimum absolute atomic E-state index is 0.00600. The Morgan fingerprint density at radius 3 is 1.30 bits per heavy atom. The van der Waals surface area contributed by atoms with E-state index >= 15 is 0 Å². The van der Waals surface area contributed by atoms with Crippen LogP contribution in [0.3, 0.4) is 0 Å². The Balaban J connectivity index is 0.000000178. The lowest BCUT2D eigenvalue weighted by atomic mass is 9.82. The van der Waals surface area contributed by atoms with E-state index in [1.54, 1.807) is 19.2 Å². The highest BCUT2D eigenvalue weighted by Gasteiger charge is 2.26. The van der Waals surface area contributed by atoms with Gasteiger partial charge >= 0.3 is 0 Å². The second kappa shape index (κ2) is 20.0. The molecule has 0 bridgehead atoms. The third-order valence-corrected chi connectivity index (χ3v) is 13.7. The van der Waals surface area contributed by atoms with Crippen LogP contribution in [0.15, 0.2) is 84.9 Å². The fraction of sp³-hybridized carbons (Fsp3) is 0.423. The predicted molar refractivity (Wildman–Crippen MR) is 255 cm³/mol. The van der Waals surface area contributed by atoms with Gasteiger partial charge in [-0.2, -0.15) is 0 Å². The first-order valence-electron chi connectivity index (χ1n) is 23.3. The molecular weight excluding hydrogens is 801 g/mol. The number of H-pyrrole nitrogens is 2. The molecule has 4 aromatic carbocycles. The smallest absolute Gasteiger partial charge is 0.251 e. The summed E-state index contributed by atoms with van der Waals surface area (Å²) in [6, 6.07) is 26.7. The standard InChI is InChI=1S/C29H36N4O2.C23H26N4O2/c1-18-3-7-21(8-4-18)29(35)31-24-15-16-25-26(17-24)33-27(32-25)20-9-11-22(12-10-20)28(34)30-23-13-5-19(2)6-14-23;1-14-3-5-17(6-4-14)23(29)25-18-11-12-19-20(13-18)27-21(26-19)15-7-9-16(10-8-15)22(28)24-2/h9-12,15-19,21,23H,3-8,13-14H2,1-2H3,(H,30,34)(H,31,35)(H,32,33);7-14,17H,3-6H2,1-2H3,(H,24,28)(H,25,29)(H,26,27). The van der Waals surface area contributed by atoms with Crippen LogP contribution in [0.5, 0.6) is 0 Å². The summed E-state index contributed by atoms with van der Waals surface area (Å²) in [4.78, 5) is 65.6. The van der Waals surface area contributed by atoms with Crippen molar-refractivity contribution in [3.8, 4) is 22.8 Å². The molecule has 0 radical (unpaired) electrons. The molecule has 3 fully saturated rings. The first kappa shape index (κ1) is 44.3. The average Bonchev–Trinajstić information content (AvgIpc) is 3.95. The van der Waals surface area contributed by atoms with Crippen LogP contribution < -0.4 is 21.3 Å². The number of carbonyl (C=O) groups is 4. The topological polar surface area (TPSA) is 174 Å². The molecule has 3 saturated carbocycles. The molecule has 12 nitrogen and oxygen atoms in total. The van der Waals surface area contributed by atoms with Crippen LogP contribution >= 0.6 is 0 Å². The van der Waals surface area contributed by atoms with Crippen molar-refractivity contribution >= 4 is 57.1 Å². The van der Waals surface area contributed by atoms with Gasteiger partial charge < -0.3 is 31.2 Å². The zero-order valence-electron chi connectivity index (χ0n) is 37.6. The van der Waals surface area contributed by atoms with Gasteiger partial charge in [-0.05, 0) is 155 Å². The van der Waals surface area contributed by atoms with Gasteiger partial charge in [-0.1, -0.05) is 45.0 Å².